The second-order valence-electron chi connectivity index (χ2n) is 9.77. The van der Waals surface area contributed by atoms with Crippen LogP contribution in [0.25, 0.3) is 20.2 Å². The SMILES string of the molecule is CCCCCc1ccc(C#Cc2c3c[c]sc3c(C#Cc3ccc(CCCCC)cc3)c3c[c]sc23)cc1. The summed E-state index contributed by atoms with van der Waals surface area (Å²) in [5.74, 6) is 13.8. The third kappa shape index (κ3) is 6.22. The van der Waals surface area contributed by atoms with Gasteiger partial charge in [0.25, 0.3) is 0 Å². The predicted molar refractivity (Wildman–Crippen MR) is 166 cm³/mol. The molecule has 3 aromatic carbocycles. The minimum atomic E-state index is 1.05. The van der Waals surface area contributed by atoms with Gasteiger partial charge < -0.3 is 0 Å². The zero-order chi connectivity index (χ0) is 26.2. The summed E-state index contributed by atoms with van der Waals surface area (Å²) in [5, 5.41) is 8.96. The number of benzene rings is 3. The summed E-state index contributed by atoms with van der Waals surface area (Å²) in [6.45, 7) is 4.49. The second kappa shape index (κ2) is 13.0. The zero-order valence-electron chi connectivity index (χ0n) is 22.2. The average molecular weight is 529 g/mol. The van der Waals surface area contributed by atoms with Crippen molar-refractivity contribution < 1.29 is 0 Å². The molecule has 0 aliphatic carbocycles. The fourth-order valence-corrected chi connectivity index (χ4v) is 6.37. The van der Waals surface area contributed by atoms with E-state index in [0.29, 0.717) is 0 Å². The highest BCUT2D eigenvalue weighted by atomic mass is 32.1. The van der Waals surface area contributed by atoms with Crippen molar-refractivity contribution in [3.63, 3.8) is 0 Å². The van der Waals surface area contributed by atoms with E-state index in [1.165, 1.54) is 49.7 Å². The maximum Gasteiger partial charge on any atom is 0.0526 e. The third-order valence-corrected chi connectivity index (χ3v) is 8.65. The Bertz CT molecular complexity index is 1450. The quantitative estimate of drug-likeness (QED) is 0.139. The molecule has 0 aliphatic rings. The Kier molecular flexibility index (Phi) is 8.98. The Morgan fingerprint density at radius 1 is 0.553 bits per heavy atom. The summed E-state index contributed by atoms with van der Waals surface area (Å²) in [4.78, 5) is 0. The molecular formula is C36H32S2. The molecule has 0 aliphatic heterocycles. The molecule has 2 heterocycles. The van der Waals surface area contributed by atoms with Crippen LogP contribution in [-0.4, -0.2) is 0 Å². The monoisotopic (exact) mass is 528 g/mol. The molecule has 0 spiro atoms. The summed E-state index contributed by atoms with van der Waals surface area (Å²) < 4.78 is 2.31. The molecule has 5 aromatic rings. The molecule has 2 radical (unpaired) electrons. The smallest absolute Gasteiger partial charge is 0.0526 e. The highest BCUT2D eigenvalue weighted by molar-refractivity contribution is 7.19. The number of fused-ring (bicyclic) bond motifs is 2. The van der Waals surface area contributed by atoms with E-state index in [1.807, 2.05) is 0 Å². The number of aryl methyl sites for hydroxylation is 2. The molecule has 2 aromatic heterocycles. The molecule has 0 unspecified atom stereocenters. The summed E-state index contributed by atoms with van der Waals surface area (Å²) in [5.41, 5.74) is 7.01. The Balaban J connectivity index is 1.43. The first-order valence-electron chi connectivity index (χ1n) is 13.7. The maximum absolute atomic E-state index is 3.50. The van der Waals surface area contributed by atoms with E-state index in [0.717, 1.165) is 55.3 Å². The molecule has 0 bridgehead atoms. The van der Waals surface area contributed by atoms with Crippen LogP contribution in [0.5, 0.6) is 0 Å². The standard InChI is InChI=1S/C36H32S2/c1-3-5-7-9-27-11-15-29(16-12-27)19-21-31-33-23-25-38-36(33)32(34-24-26-37-35(31)34)22-20-30-17-13-28(14-18-30)10-8-6-4-2/h11-18,23-24H,3-10H2,1-2H3. The zero-order valence-corrected chi connectivity index (χ0v) is 23.9. The van der Waals surface area contributed by atoms with Gasteiger partial charge in [0.15, 0.2) is 0 Å². The van der Waals surface area contributed by atoms with Gasteiger partial charge in [0.05, 0.1) is 20.5 Å². The Hall–Kier alpha value is -3.30. The summed E-state index contributed by atoms with van der Waals surface area (Å²) in [7, 11) is 0. The summed E-state index contributed by atoms with van der Waals surface area (Å²) in [6.07, 6.45) is 9.87. The molecule has 0 N–H and O–H groups in total. The van der Waals surface area contributed by atoms with E-state index in [1.54, 1.807) is 22.7 Å². The minimum absolute atomic E-state index is 1.05. The molecule has 0 fully saturated rings. The second-order valence-corrected chi connectivity index (χ2v) is 11.5. The molecule has 38 heavy (non-hydrogen) atoms. The van der Waals surface area contributed by atoms with Crippen molar-refractivity contribution in [1.82, 2.24) is 0 Å². The Labute approximate surface area is 235 Å². The molecule has 0 saturated heterocycles. The lowest BCUT2D eigenvalue weighted by Gasteiger charge is -2.04. The van der Waals surface area contributed by atoms with Crippen molar-refractivity contribution in [1.29, 1.82) is 0 Å². The van der Waals surface area contributed by atoms with E-state index in [-0.39, 0.29) is 0 Å². The largest absolute Gasteiger partial charge is 0.133 e. The van der Waals surface area contributed by atoms with Crippen LogP contribution in [0.15, 0.2) is 60.7 Å². The van der Waals surface area contributed by atoms with Crippen LogP contribution >= 0.6 is 22.7 Å². The average Bonchev–Trinajstić information content (AvgIpc) is 3.63. The molecular weight excluding hydrogens is 497 g/mol. The molecule has 0 amide bonds. The van der Waals surface area contributed by atoms with Gasteiger partial charge >= 0.3 is 0 Å². The van der Waals surface area contributed by atoms with Crippen LogP contribution in [0.1, 0.15) is 85.8 Å². The van der Waals surface area contributed by atoms with E-state index < -0.39 is 0 Å². The first kappa shape index (κ1) is 26.3. The van der Waals surface area contributed by atoms with Gasteiger partial charge in [-0.25, -0.2) is 0 Å². The number of hydrogen-bond donors (Lipinski definition) is 0. The highest BCUT2D eigenvalue weighted by Gasteiger charge is 2.14. The lowest BCUT2D eigenvalue weighted by atomic mass is 10.0. The van der Waals surface area contributed by atoms with Gasteiger partial charge in [-0.1, -0.05) is 87.5 Å². The predicted octanol–water partition coefficient (Wildman–Crippen LogP) is 9.98. The number of hydrogen-bond acceptors (Lipinski definition) is 2. The lowest BCUT2D eigenvalue weighted by Crippen LogP contribution is -1.87. The van der Waals surface area contributed by atoms with Gasteiger partial charge in [-0.05, 0) is 73.2 Å². The Morgan fingerprint density at radius 2 is 0.974 bits per heavy atom. The molecule has 0 atom stereocenters. The third-order valence-electron chi connectivity index (χ3n) is 6.92. The van der Waals surface area contributed by atoms with E-state index >= 15 is 0 Å². The molecule has 5 rings (SSSR count). The highest BCUT2D eigenvalue weighted by Crippen LogP contribution is 2.37. The number of rotatable bonds is 8. The van der Waals surface area contributed by atoms with Gasteiger partial charge in [0.2, 0.25) is 0 Å². The van der Waals surface area contributed by atoms with E-state index in [4.69, 9.17) is 0 Å². The molecule has 188 valence electrons. The minimum Gasteiger partial charge on any atom is -0.133 e. The van der Waals surface area contributed by atoms with Crippen molar-refractivity contribution in [3.8, 4) is 23.7 Å². The molecule has 0 nitrogen and oxygen atoms in total. The topological polar surface area (TPSA) is 0 Å². The van der Waals surface area contributed by atoms with Crippen LogP contribution < -0.4 is 0 Å². The molecule has 2 heteroatoms. The molecule has 0 saturated carbocycles. The van der Waals surface area contributed by atoms with E-state index in [9.17, 15) is 0 Å². The van der Waals surface area contributed by atoms with E-state index in [2.05, 4.69) is 109 Å². The van der Waals surface area contributed by atoms with Crippen molar-refractivity contribution in [2.45, 2.75) is 65.2 Å². The first-order chi connectivity index (χ1) is 18.8. The van der Waals surface area contributed by atoms with Gasteiger partial charge in [-0.15, -0.1) is 22.7 Å². The van der Waals surface area contributed by atoms with Crippen molar-refractivity contribution in [2.75, 3.05) is 0 Å². The van der Waals surface area contributed by atoms with Crippen LogP contribution in [0, 0.1) is 34.4 Å². The lowest BCUT2D eigenvalue weighted by molar-refractivity contribution is 0.717. The first-order valence-corrected chi connectivity index (χ1v) is 15.4. The van der Waals surface area contributed by atoms with Crippen molar-refractivity contribution in [3.05, 3.63) is 105 Å². The summed E-state index contributed by atoms with van der Waals surface area (Å²) >= 11 is 3.25. The van der Waals surface area contributed by atoms with Crippen molar-refractivity contribution >= 4 is 42.8 Å². The van der Waals surface area contributed by atoms with Gasteiger partial charge in [-0.2, -0.15) is 0 Å². The van der Waals surface area contributed by atoms with Crippen LogP contribution in [0.2, 0.25) is 0 Å². The summed E-state index contributed by atoms with van der Waals surface area (Å²) in [6, 6.07) is 21.6. The normalized spacial score (nSPS) is 10.8. The van der Waals surface area contributed by atoms with Crippen LogP contribution in [0.4, 0.5) is 0 Å². The maximum atomic E-state index is 3.50. The van der Waals surface area contributed by atoms with Gasteiger partial charge in [0.1, 0.15) is 0 Å². The van der Waals surface area contributed by atoms with Crippen molar-refractivity contribution in [2.24, 2.45) is 0 Å². The van der Waals surface area contributed by atoms with Crippen LogP contribution in [-0.2, 0) is 12.8 Å². The van der Waals surface area contributed by atoms with Gasteiger partial charge in [-0.3, -0.25) is 0 Å². The van der Waals surface area contributed by atoms with Gasteiger partial charge in [0, 0.05) is 32.7 Å². The van der Waals surface area contributed by atoms with Crippen LogP contribution in [0.3, 0.4) is 0 Å². The number of thiophene rings is 2. The fourth-order valence-electron chi connectivity index (χ4n) is 4.71. The fraction of sp³-hybridized carbons (Fsp3) is 0.278. The Morgan fingerprint density at radius 3 is 1.37 bits per heavy atom. The number of unbranched alkanes of at least 4 members (excludes halogenated alkanes) is 4.